The number of hydrogen-bond acceptors (Lipinski definition) is 6. The number of likely N-dealkylation sites (tertiary alicyclic amines) is 1. The molecule has 3 aromatic rings. The summed E-state index contributed by atoms with van der Waals surface area (Å²) in [6.45, 7) is 2.15. The molecule has 2 atom stereocenters. The molecule has 0 radical (unpaired) electrons. The maximum Gasteiger partial charge on any atom is 0.255 e. The summed E-state index contributed by atoms with van der Waals surface area (Å²) in [5, 5.41) is 7.21. The zero-order valence-corrected chi connectivity index (χ0v) is 16.6. The van der Waals surface area contributed by atoms with Crippen LogP contribution in [0.3, 0.4) is 0 Å². The zero-order valence-electron chi connectivity index (χ0n) is 16.6. The van der Waals surface area contributed by atoms with Gasteiger partial charge in [-0.1, -0.05) is 6.07 Å². The zero-order chi connectivity index (χ0) is 20.9. The number of hydrogen-bond donors (Lipinski definition) is 1. The third kappa shape index (κ3) is 4.69. The molecule has 9 heteroatoms. The SMILES string of the molecule is COC[C@@H]1C[C@H](n2cc(NC(=O)c3cccc(F)c3)cn2)CN1Cc1cncnc1. The third-order valence-corrected chi connectivity index (χ3v) is 5.18. The van der Waals surface area contributed by atoms with Crippen molar-refractivity contribution in [3.63, 3.8) is 0 Å². The molecule has 4 rings (SSSR count). The molecule has 1 aliphatic heterocycles. The maximum absolute atomic E-state index is 13.3. The van der Waals surface area contributed by atoms with Crippen molar-refractivity contribution in [3.8, 4) is 0 Å². The van der Waals surface area contributed by atoms with Crippen molar-refractivity contribution < 1.29 is 13.9 Å². The lowest BCUT2D eigenvalue weighted by Crippen LogP contribution is -2.32. The second kappa shape index (κ2) is 9.10. The molecule has 1 aromatic carbocycles. The van der Waals surface area contributed by atoms with Gasteiger partial charge >= 0.3 is 0 Å². The number of carbonyl (C=O) groups excluding carboxylic acids is 1. The average molecular weight is 410 g/mol. The number of aromatic nitrogens is 4. The Morgan fingerprint density at radius 2 is 2.13 bits per heavy atom. The van der Waals surface area contributed by atoms with E-state index in [9.17, 15) is 9.18 Å². The van der Waals surface area contributed by atoms with E-state index in [4.69, 9.17) is 4.74 Å². The molecular formula is C21H23FN6O2. The molecule has 30 heavy (non-hydrogen) atoms. The summed E-state index contributed by atoms with van der Waals surface area (Å²) in [5.41, 5.74) is 1.88. The van der Waals surface area contributed by atoms with E-state index in [2.05, 4.69) is 25.3 Å². The first-order valence-corrected chi connectivity index (χ1v) is 9.70. The molecular weight excluding hydrogens is 387 g/mol. The van der Waals surface area contributed by atoms with Crippen LogP contribution in [0.5, 0.6) is 0 Å². The van der Waals surface area contributed by atoms with Crippen molar-refractivity contribution in [2.24, 2.45) is 0 Å². The van der Waals surface area contributed by atoms with Crippen LogP contribution in [-0.4, -0.2) is 56.9 Å². The molecule has 1 amide bonds. The van der Waals surface area contributed by atoms with E-state index in [1.165, 1.54) is 24.5 Å². The number of benzene rings is 1. The Morgan fingerprint density at radius 1 is 1.30 bits per heavy atom. The van der Waals surface area contributed by atoms with Crippen molar-refractivity contribution in [1.29, 1.82) is 0 Å². The van der Waals surface area contributed by atoms with E-state index in [0.717, 1.165) is 25.1 Å². The van der Waals surface area contributed by atoms with Crippen LogP contribution in [0.4, 0.5) is 10.1 Å². The van der Waals surface area contributed by atoms with Crippen LogP contribution in [0.25, 0.3) is 0 Å². The Morgan fingerprint density at radius 3 is 2.90 bits per heavy atom. The van der Waals surface area contributed by atoms with Gasteiger partial charge in [-0.05, 0) is 24.6 Å². The number of rotatable bonds is 7. The lowest BCUT2D eigenvalue weighted by atomic mass is 10.2. The van der Waals surface area contributed by atoms with E-state index in [0.29, 0.717) is 12.3 Å². The fourth-order valence-electron chi connectivity index (χ4n) is 3.79. The van der Waals surface area contributed by atoms with Gasteiger partial charge in [0.1, 0.15) is 12.1 Å². The van der Waals surface area contributed by atoms with Crippen molar-refractivity contribution in [2.45, 2.75) is 25.0 Å². The molecule has 1 fully saturated rings. The largest absolute Gasteiger partial charge is 0.383 e. The Bertz CT molecular complexity index is 996. The van der Waals surface area contributed by atoms with E-state index >= 15 is 0 Å². The van der Waals surface area contributed by atoms with Gasteiger partial charge in [-0.2, -0.15) is 5.10 Å². The molecule has 0 unspecified atom stereocenters. The van der Waals surface area contributed by atoms with Gasteiger partial charge in [0.05, 0.1) is 24.5 Å². The predicted molar refractivity (Wildman–Crippen MR) is 108 cm³/mol. The number of nitrogens with one attached hydrogen (secondary N) is 1. The van der Waals surface area contributed by atoms with Gasteiger partial charge in [0, 0.05) is 56.0 Å². The number of nitrogens with zero attached hydrogens (tertiary/aromatic N) is 5. The molecule has 1 saturated heterocycles. The Hall–Kier alpha value is -3.17. The van der Waals surface area contributed by atoms with Crippen LogP contribution in [0, 0.1) is 5.82 Å². The number of carbonyl (C=O) groups is 1. The predicted octanol–water partition coefficient (Wildman–Crippen LogP) is 2.53. The number of ether oxygens (including phenoxy) is 1. The summed E-state index contributed by atoms with van der Waals surface area (Å²) in [6.07, 6.45) is 9.44. The Labute approximate surface area is 173 Å². The lowest BCUT2D eigenvalue weighted by Gasteiger charge is -2.23. The van der Waals surface area contributed by atoms with Crippen LogP contribution < -0.4 is 5.32 Å². The maximum atomic E-state index is 13.3. The van der Waals surface area contributed by atoms with Crippen LogP contribution >= 0.6 is 0 Å². The number of halogens is 1. The molecule has 156 valence electrons. The molecule has 0 aliphatic carbocycles. The van der Waals surface area contributed by atoms with Gasteiger partial charge in [0.2, 0.25) is 0 Å². The molecule has 1 N–H and O–H groups in total. The number of amides is 1. The summed E-state index contributed by atoms with van der Waals surface area (Å²) >= 11 is 0. The lowest BCUT2D eigenvalue weighted by molar-refractivity contribution is 0.102. The minimum atomic E-state index is -0.447. The van der Waals surface area contributed by atoms with Crippen molar-refractivity contribution in [1.82, 2.24) is 24.6 Å². The fraction of sp³-hybridized carbons (Fsp3) is 0.333. The average Bonchev–Trinajstić information content (AvgIpc) is 3.36. The molecule has 0 spiro atoms. The first-order chi connectivity index (χ1) is 14.6. The summed E-state index contributed by atoms with van der Waals surface area (Å²) < 4.78 is 20.6. The number of methoxy groups -OCH3 is 1. The van der Waals surface area contributed by atoms with Crippen molar-refractivity contribution in [2.75, 3.05) is 25.6 Å². The Kier molecular flexibility index (Phi) is 6.10. The van der Waals surface area contributed by atoms with E-state index in [1.807, 2.05) is 17.1 Å². The second-order valence-corrected chi connectivity index (χ2v) is 7.35. The normalized spacial score (nSPS) is 19.1. The minimum absolute atomic E-state index is 0.148. The van der Waals surface area contributed by atoms with Crippen LogP contribution in [0.2, 0.25) is 0 Å². The molecule has 0 bridgehead atoms. The van der Waals surface area contributed by atoms with E-state index in [-0.39, 0.29) is 23.6 Å². The van der Waals surface area contributed by atoms with E-state index < -0.39 is 5.82 Å². The molecule has 3 heterocycles. The van der Waals surface area contributed by atoms with Crippen LogP contribution in [0.1, 0.15) is 28.4 Å². The highest BCUT2D eigenvalue weighted by atomic mass is 19.1. The molecule has 8 nitrogen and oxygen atoms in total. The van der Waals surface area contributed by atoms with Gasteiger partial charge in [0.15, 0.2) is 0 Å². The monoisotopic (exact) mass is 410 g/mol. The topological polar surface area (TPSA) is 85.2 Å². The van der Waals surface area contributed by atoms with Gasteiger partial charge in [-0.25, -0.2) is 14.4 Å². The summed E-state index contributed by atoms with van der Waals surface area (Å²) in [6, 6.07) is 5.98. The standard InChI is InChI=1S/C21H23FN6O2/c1-30-13-20-6-19(12-27(20)10-15-7-23-14-24-8-15)28-11-18(9-25-28)26-21(29)16-3-2-4-17(22)5-16/h2-5,7-9,11,14,19-20H,6,10,12-13H2,1H3,(H,26,29)/t19-,20-/m0/s1. The van der Waals surface area contributed by atoms with Crippen LogP contribution in [-0.2, 0) is 11.3 Å². The fourth-order valence-corrected chi connectivity index (χ4v) is 3.79. The van der Waals surface area contributed by atoms with Gasteiger partial charge in [-0.3, -0.25) is 14.4 Å². The minimum Gasteiger partial charge on any atom is -0.383 e. The highest BCUT2D eigenvalue weighted by Crippen LogP contribution is 2.29. The number of anilines is 1. The van der Waals surface area contributed by atoms with Gasteiger partial charge in [-0.15, -0.1) is 0 Å². The third-order valence-electron chi connectivity index (χ3n) is 5.18. The molecule has 1 aliphatic rings. The van der Waals surface area contributed by atoms with Gasteiger partial charge < -0.3 is 10.1 Å². The van der Waals surface area contributed by atoms with Crippen molar-refractivity contribution in [3.05, 3.63) is 72.3 Å². The smallest absolute Gasteiger partial charge is 0.255 e. The summed E-state index contributed by atoms with van der Waals surface area (Å²) in [7, 11) is 1.70. The highest BCUT2D eigenvalue weighted by Gasteiger charge is 2.33. The molecule has 2 aromatic heterocycles. The first-order valence-electron chi connectivity index (χ1n) is 9.70. The second-order valence-electron chi connectivity index (χ2n) is 7.35. The Balaban J connectivity index is 1.43. The first kappa shape index (κ1) is 20.1. The highest BCUT2D eigenvalue weighted by molar-refractivity contribution is 6.04. The molecule has 0 saturated carbocycles. The summed E-state index contributed by atoms with van der Waals surface area (Å²) in [4.78, 5) is 22.8. The van der Waals surface area contributed by atoms with E-state index in [1.54, 1.807) is 25.6 Å². The van der Waals surface area contributed by atoms with Crippen LogP contribution in [0.15, 0.2) is 55.4 Å². The quantitative estimate of drug-likeness (QED) is 0.644. The van der Waals surface area contributed by atoms with Gasteiger partial charge in [0.25, 0.3) is 5.91 Å². The van der Waals surface area contributed by atoms with Crippen molar-refractivity contribution >= 4 is 11.6 Å². The summed E-state index contributed by atoms with van der Waals surface area (Å²) in [5.74, 6) is -0.819.